The summed E-state index contributed by atoms with van der Waals surface area (Å²) >= 11 is 1.60. The second kappa shape index (κ2) is 6.98. The van der Waals surface area contributed by atoms with Crippen LogP contribution in [0.1, 0.15) is 24.3 Å². The molecule has 122 valence electrons. The van der Waals surface area contributed by atoms with E-state index in [9.17, 15) is 8.42 Å². The van der Waals surface area contributed by atoms with Crippen molar-refractivity contribution in [2.75, 3.05) is 19.3 Å². The van der Waals surface area contributed by atoms with Crippen LogP contribution in [0.3, 0.4) is 0 Å². The van der Waals surface area contributed by atoms with E-state index < -0.39 is 10.0 Å². The molecule has 7 heteroatoms. The summed E-state index contributed by atoms with van der Waals surface area (Å²) in [5.41, 5.74) is 1.14. The molecule has 2 aromatic rings. The minimum atomic E-state index is -3.40. The van der Waals surface area contributed by atoms with Gasteiger partial charge in [-0.1, -0.05) is 0 Å². The molecule has 23 heavy (non-hydrogen) atoms. The molecule has 1 aliphatic heterocycles. The van der Waals surface area contributed by atoms with E-state index in [1.54, 1.807) is 40.6 Å². The summed E-state index contributed by atoms with van der Waals surface area (Å²) in [6.45, 7) is 1.08. The standard InChI is InChI=1S/C16H19N3O2S2/c1-22-15-2-4-16(5-3-15)23(20,21)19-10-7-13(8-11-19)14-6-9-17-18-12-14/h2-6,9,12-13H,7-8,10-11H2,1H3. The molecule has 1 fully saturated rings. The quantitative estimate of drug-likeness (QED) is 0.794. The number of hydrogen-bond acceptors (Lipinski definition) is 5. The number of piperidine rings is 1. The van der Waals surface area contributed by atoms with Crippen molar-refractivity contribution in [3.63, 3.8) is 0 Å². The smallest absolute Gasteiger partial charge is 0.207 e. The van der Waals surface area contributed by atoms with Crippen molar-refractivity contribution >= 4 is 21.8 Å². The maximum absolute atomic E-state index is 12.7. The van der Waals surface area contributed by atoms with Crippen molar-refractivity contribution in [1.82, 2.24) is 14.5 Å². The highest BCUT2D eigenvalue weighted by Crippen LogP contribution is 2.30. The first-order chi connectivity index (χ1) is 11.1. The van der Waals surface area contributed by atoms with Crippen molar-refractivity contribution in [3.8, 4) is 0 Å². The van der Waals surface area contributed by atoms with Crippen molar-refractivity contribution < 1.29 is 8.42 Å². The molecule has 0 amide bonds. The molecule has 0 atom stereocenters. The lowest BCUT2D eigenvalue weighted by Crippen LogP contribution is -2.37. The van der Waals surface area contributed by atoms with Gasteiger partial charge in [0.05, 0.1) is 11.1 Å². The minimum absolute atomic E-state index is 0.357. The van der Waals surface area contributed by atoms with Gasteiger partial charge >= 0.3 is 0 Å². The maximum Gasteiger partial charge on any atom is 0.243 e. The molecule has 0 N–H and O–H groups in total. The first-order valence-electron chi connectivity index (χ1n) is 7.52. The first-order valence-corrected chi connectivity index (χ1v) is 10.2. The van der Waals surface area contributed by atoms with E-state index >= 15 is 0 Å². The van der Waals surface area contributed by atoms with E-state index in [2.05, 4.69) is 10.2 Å². The third-order valence-electron chi connectivity index (χ3n) is 4.23. The summed E-state index contributed by atoms with van der Waals surface area (Å²) in [5.74, 6) is 0.357. The lowest BCUT2D eigenvalue weighted by atomic mass is 9.92. The van der Waals surface area contributed by atoms with Gasteiger partial charge in [0.1, 0.15) is 0 Å². The van der Waals surface area contributed by atoms with Crippen LogP contribution in [-0.4, -0.2) is 42.3 Å². The Balaban J connectivity index is 1.70. The summed E-state index contributed by atoms with van der Waals surface area (Å²) in [6.07, 6.45) is 7.06. The van der Waals surface area contributed by atoms with Gasteiger partial charge in [-0.3, -0.25) is 0 Å². The van der Waals surface area contributed by atoms with Gasteiger partial charge in [-0.2, -0.15) is 14.5 Å². The number of rotatable bonds is 4. The Hall–Kier alpha value is -1.44. The maximum atomic E-state index is 12.7. The Morgan fingerprint density at radius 2 is 1.78 bits per heavy atom. The Bertz CT molecular complexity index is 741. The number of thioether (sulfide) groups is 1. The average molecular weight is 349 g/mol. The zero-order chi connectivity index (χ0) is 16.3. The molecule has 1 saturated heterocycles. The fourth-order valence-corrected chi connectivity index (χ4v) is 4.75. The second-order valence-corrected chi connectivity index (χ2v) is 8.35. The molecule has 3 rings (SSSR count). The molecule has 2 heterocycles. The molecular weight excluding hydrogens is 330 g/mol. The summed E-state index contributed by atoms with van der Waals surface area (Å²) in [4.78, 5) is 1.44. The van der Waals surface area contributed by atoms with Crippen molar-refractivity contribution in [3.05, 3.63) is 48.3 Å². The summed E-state index contributed by atoms with van der Waals surface area (Å²) in [6, 6.07) is 9.06. The van der Waals surface area contributed by atoms with Gasteiger partial charge in [0, 0.05) is 24.2 Å². The highest BCUT2D eigenvalue weighted by molar-refractivity contribution is 7.98. The molecule has 5 nitrogen and oxygen atoms in total. The van der Waals surface area contributed by atoms with E-state index in [-0.39, 0.29) is 0 Å². The SMILES string of the molecule is CSc1ccc(S(=O)(=O)N2CCC(c3ccnnc3)CC2)cc1. The molecule has 1 aromatic carbocycles. The molecule has 1 aliphatic rings. The van der Waals surface area contributed by atoms with Crippen LogP contribution in [0.15, 0.2) is 52.5 Å². The summed E-state index contributed by atoms with van der Waals surface area (Å²) in [5, 5.41) is 7.70. The fraction of sp³-hybridized carbons (Fsp3) is 0.375. The zero-order valence-corrected chi connectivity index (χ0v) is 14.6. The topological polar surface area (TPSA) is 63.2 Å². The van der Waals surface area contributed by atoms with E-state index in [1.807, 2.05) is 24.5 Å². The number of hydrogen-bond donors (Lipinski definition) is 0. The number of aromatic nitrogens is 2. The van der Waals surface area contributed by atoms with Gasteiger partial charge in [0.25, 0.3) is 0 Å². The highest BCUT2D eigenvalue weighted by atomic mass is 32.2. The second-order valence-electron chi connectivity index (χ2n) is 5.53. The normalized spacial score (nSPS) is 17.3. The first kappa shape index (κ1) is 16.4. The number of benzene rings is 1. The van der Waals surface area contributed by atoms with Crippen LogP contribution in [0, 0.1) is 0 Å². The van der Waals surface area contributed by atoms with Crippen LogP contribution in [0.2, 0.25) is 0 Å². The Kier molecular flexibility index (Phi) is 4.99. The lowest BCUT2D eigenvalue weighted by Gasteiger charge is -2.31. The molecule has 0 saturated carbocycles. The molecule has 0 radical (unpaired) electrons. The van der Waals surface area contributed by atoms with Crippen molar-refractivity contribution in [2.45, 2.75) is 28.6 Å². The zero-order valence-electron chi connectivity index (χ0n) is 12.9. The predicted molar refractivity (Wildman–Crippen MR) is 91.0 cm³/mol. The lowest BCUT2D eigenvalue weighted by molar-refractivity contribution is 0.319. The van der Waals surface area contributed by atoms with Gasteiger partial charge in [-0.25, -0.2) is 8.42 Å². The Morgan fingerprint density at radius 1 is 1.09 bits per heavy atom. The van der Waals surface area contributed by atoms with E-state index in [0.29, 0.717) is 23.9 Å². The van der Waals surface area contributed by atoms with Crippen LogP contribution in [-0.2, 0) is 10.0 Å². The van der Waals surface area contributed by atoms with E-state index in [0.717, 1.165) is 23.3 Å². The Labute approximate surface area is 141 Å². The minimum Gasteiger partial charge on any atom is -0.207 e. The van der Waals surface area contributed by atoms with Crippen molar-refractivity contribution in [1.29, 1.82) is 0 Å². The molecule has 0 unspecified atom stereocenters. The molecular formula is C16H19N3O2S2. The molecule has 0 aliphatic carbocycles. The number of nitrogens with zero attached hydrogens (tertiary/aromatic N) is 3. The predicted octanol–water partition coefficient (Wildman–Crippen LogP) is 2.77. The van der Waals surface area contributed by atoms with Gasteiger partial charge in [-0.05, 0) is 60.9 Å². The van der Waals surface area contributed by atoms with Gasteiger partial charge in [0.15, 0.2) is 0 Å². The largest absolute Gasteiger partial charge is 0.243 e. The van der Waals surface area contributed by atoms with Crippen molar-refractivity contribution in [2.24, 2.45) is 0 Å². The molecule has 0 bridgehead atoms. The third kappa shape index (κ3) is 3.57. The fourth-order valence-electron chi connectivity index (χ4n) is 2.87. The van der Waals surface area contributed by atoms with Crippen LogP contribution < -0.4 is 0 Å². The molecule has 1 aromatic heterocycles. The average Bonchev–Trinajstić information content (AvgIpc) is 2.62. The van der Waals surface area contributed by atoms with Crippen LogP contribution >= 0.6 is 11.8 Å². The van der Waals surface area contributed by atoms with Gasteiger partial charge in [0.2, 0.25) is 10.0 Å². The Morgan fingerprint density at radius 3 is 2.35 bits per heavy atom. The van der Waals surface area contributed by atoms with E-state index in [1.165, 1.54) is 0 Å². The van der Waals surface area contributed by atoms with E-state index in [4.69, 9.17) is 0 Å². The van der Waals surface area contributed by atoms with Gasteiger partial charge in [-0.15, -0.1) is 11.8 Å². The summed E-state index contributed by atoms with van der Waals surface area (Å²) in [7, 11) is -3.40. The van der Waals surface area contributed by atoms with Crippen LogP contribution in [0.4, 0.5) is 0 Å². The molecule has 0 spiro atoms. The third-order valence-corrected chi connectivity index (χ3v) is 6.89. The van der Waals surface area contributed by atoms with Crippen LogP contribution in [0.25, 0.3) is 0 Å². The summed E-state index contributed by atoms with van der Waals surface area (Å²) < 4.78 is 27.0. The number of sulfonamides is 1. The monoisotopic (exact) mass is 349 g/mol. The van der Waals surface area contributed by atoms with Crippen LogP contribution in [0.5, 0.6) is 0 Å². The van der Waals surface area contributed by atoms with Gasteiger partial charge < -0.3 is 0 Å². The highest BCUT2D eigenvalue weighted by Gasteiger charge is 2.29.